The third-order valence-electron chi connectivity index (χ3n) is 3.06. The Bertz CT molecular complexity index is 498. The Balaban J connectivity index is 2.77. The second-order valence-electron chi connectivity index (χ2n) is 6.20. The zero-order valence-corrected chi connectivity index (χ0v) is 13.6. The number of rotatable bonds is 5. The first-order valence-corrected chi connectivity index (χ1v) is 7.09. The minimum Gasteiger partial charge on any atom is -0.478 e. The third kappa shape index (κ3) is 5.34. The number of carbonyl (C=O) groups excluding carboxylic acids is 1. The third-order valence-corrected chi connectivity index (χ3v) is 3.06. The zero-order chi connectivity index (χ0) is 16.2. The van der Waals surface area contributed by atoms with Crippen molar-refractivity contribution in [3.8, 4) is 5.75 Å². The Labute approximate surface area is 126 Å². The summed E-state index contributed by atoms with van der Waals surface area (Å²) in [5, 5.41) is 5.84. The van der Waals surface area contributed by atoms with E-state index >= 15 is 0 Å². The fourth-order valence-corrected chi connectivity index (χ4v) is 1.76. The van der Waals surface area contributed by atoms with E-state index in [1.165, 1.54) is 6.07 Å². The molecule has 0 heterocycles. The first kappa shape index (κ1) is 17.4. The number of halogens is 1. The van der Waals surface area contributed by atoms with Crippen LogP contribution in [0.25, 0.3) is 0 Å². The summed E-state index contributed by atoms with van der Waals surface area (Å²) in [6.07, 6.45) is -0.758. The molecule has 0 aromatic heterocycles. The van der Waals surface area contributed by atoms with Gasteiger partial charge in [0.05, 0.1) is 0 Å². The number of ether oxygens (including phenoxy) is 1. The number of nitrogens with one attached hydrogen (secondary N) is 2. The molecule has 0 saturated carbocycles. The molecule has 2 N–H and O–H groups in total. The average molecular weight is 296 g/mol. The SMILES string of the molecule is CNC(C)c1ccc(OC(C)C(=O)NC(C)(C)C)c(F)c1. The fourth-order valence-electron chi connectivity index (χ4n) is 1.76. The van der Waals surface area contributed by atoms with Crippen molar-refractivity contribution < 1.29 is 13.9 Å². The molecule has 118 valence electrons. The molecule has 2 atom stereocenters. The van der Waals surface area contributed by atoms with Crippen molar-refractivity contribution >= 4 is 5.91 Å². The molecule has 21 heavy (non-hydrogen) atoms. The highest BCUT2D eigenvalue weighted by Crippen LogP contribution is 2.23. The van der Waals surface area contributed by atoms with Crippen LogP contribution in [-0.2, 0) is 4.79 Å². The molecule has 0 aliphatic rings. The summed E-state index contributed by atoms with van der Waals surface area (Å²) in [5.41, 5.74) is 0.480. The summed E-state index contributed by atoms with van der Waals surface area (Å²) in [6, 6.07) is 4.81. The number of carbonyl (C=O) groups is 1. The first-order valence-electron chi connectivity index (χ1n) is 7.09. The van der Waals surface area contributed by atoms with Crippen molar-refractivity contribution in [2.24, 2.45) is 0 Å². The lowest BCUT2D eigenvalue weighted by atomic mass is 10.1. The van der Waals surface area contributed by atoms with Crippen molar-refractivity contribution in [1.82, 2.24) is 10.6 Å². The van der Waals surface area contributed by atoms with Crippen molar-refractivity contribution in [3.63, 3.8) is 0 Å². The molecule has 1 amide bonds. The highest BCUT2D eigenvalue weighted by Gasteiger charge is 2.21. The van der Waals surface area contributed by atoms with Crippen molar-refractivity contribution in [1.29, 1.82) is 0 Å². The molecular formula is C16H25FN2O2. The summed E-state index contributed by atoms with van der Waals surface area (Å²) < 4.78 is 19.4. The molecule has 0 aliphatic carbocycles. The van der Waals surface area contributed by atoms with Crippen LogP contribution in [0.2, 0.25) is 0 Å². The molecule has 4 nitrogen and oxygen atoms in total. The number of hydrogen-bond acceptors (Lipinski definition) is 3. The predicted molar refractivity (Wildman–Crippen MR) is 81.9 cm³/mol. The van der Waals surface area contributed by atoms with Gasteiger partial charge in [-0.1, -0.05) is 6.07 Å². The molecule has 5 heteroatoms. The highest BCUT2D eigenvalue weighted by molar-refractivity contribution is 5.81. The van der Waals surface area contributed by atoms with Gasteiger partial charge < -0.3 is 15.4 Å². The molecule has 0 fully saturated rings. The molecular weight excluding hydrogens is 271 g/mol. The van der Waals surface area contributed by atoms with Gasteiger partial charge in [0.15, 0.2) is 17.7 Å². The number of amides is 1. The van der Waals surface area contributed by atoms with Gasteiger partial charge in [-0.25, -0.2) is 4.39 Å². The van der Waals surface area contributed by atoms with E-state index in [2.05, 4.69) is 10.6 Å². The van der Waals surface area contributed by atoms with Crippen LogP contribution in [0.1, 0.15) is 46.2 Å². The Morgan fingerprint density at radius 2 is 1.90 bits per heavy atom. The molecule has 0 saturated heterocycles. The van der Waals surface area contributed by atoms with Crippen molar-refractivity contribution in [2.75, 3.05) is 7.05 Å². The lowest BCUT2D eigenvalue weighted by Crippen LogP contribution is -2.46. The largest absolute Gasteiger partial charge is 0.478 e. The van der Waals surface area contributed by atoms with E-state index in [1.54, 1.807) is 19.1 Å². The van der Waals surface area contributed by atoms with Gasteiger partial charge in [-0.05, 0) is 59.4 Å². The van der Waals surface area contributed by atoms with Gasteiger partial charge in [-0.2, -0.15) is 0 Å². The highest BCUT2D eigenvalue weighted by atomic mass is 19.1. The summed E-state index contributed by atoms with van der Waals surface area (Å²) in [4.78, 5) is 11.9. The quantitative estimate of drug-likeness (QED) is 0.878. The maximum atomic E-state index is 14.0. The van der Waals surface area contributed by atoms with Gasteiger partial charge >= 0.3 is 0 Å². The molecule has 1 aromatic rings. The van der Waals surface area contributed by atoms with E-state index < -0.39 is 11.9 Å². The van der Waals surface area contributed by atoms with Crippen LogP contribution in [-0.4, -0.2) is 24.6 Å². The van der Waals surface area contributed by atoms with Crippen LogP contribution < -0.4 is 15.4 Å². The smallest absolute Gasteiger partial charge is 0.261 e. The molecule has 1 rings (SSSR count). The van der Waals surface area contributed by atoms with E-state index in [0.717, 1.165) is 5.56 Å². The Morgan fingerprint density at radius 1 is 1.29 bits per heavy atom. The van der Waals surface area contributed by atoms with Gasteiger partial charge in [-0.3, -0.25) is 4.79 Å². The maximum Gasteiger partial charge on any atom is 0.261 e. The minimum absolute atomic E-state index is 0.0511. The van der Waals surface area contributed by atoms with Crippen LogP contribution in [0.15, 0.2) is 18.2 Å². The standard InChI is InChI=1S/C16H25FN2O2/c1-10(18-6)12-7-8-14(13(17)9-12)21-11(2)15(20)19-16(3,4)5/h7-11,18H,1-6H3,(H,19,20). The average Bonchev–Trinajstić information content (AvgIpc) is 2.38. The van der Waals surface area contributed by atoms with E-state index in [1.807, 2.05) is 34.7 Å². The Kier molecular flexibility index (Phi) is 5.72. The normalized spacial score (nSPS) is 14.4. The molecule has 1 aromatic carbocycles. The van der Waals surface area contributed by atoms with E-state index in [9.17, 15) is 9.18 Å². The van der Waals surface area contributed by atoms with Crippen LogP contribution in [0, 0.1) is 5.82 Å². The summed E-state index contributed by atoms with van der Waals surface area (Å²) >= 11 is 0. The summed E-state index contributed by atoms with van der Waals surface area (Å²) in [7, 11) is 1.81. The molecule has 0 aliphatic heterocycles. The van der Waals surface area contributed by atoms with E-state index in [4.69, 9.17) is 4.74 Å². The van der Waals surface area contributed by atoms with Crippen molar-refractivity contribution in [3.05, 3.63) is 29.6 Å². The zero-order valence-electron chi connectivity index (χ0n) is 13.6. The van der Waals surface area contributed by atoms with E-state index in [0.29, 0.717) is 0 Å². The molecule has 0 radical (unpaired) electrons. The van der Waals surface area contributed by atoms with Crippen LogP contribution in [0.4, 0.5) is 4.39 Å². The Hall–Kier alpha value is -1.62. The molecule has 0 bridgehead atoms. The lowest BCUT2D eigenvalue weighted by Gasteiger charge is -2.24. The molecule has 0 spiro atoms. The predicted octanol–water partition coefficient (Wildman–Crippen LogP) is 2.79. The Morgan fingerprint density at radius 3 is 2.38 bits per heavy atom. The fraction of sp³-hybridized carbons (Fsp3) is 0.562. The second-order valence-corrected chi connectivity index (χ2v) is 6.20. The monoisotopic (exact) mass is 296 g/mol. The lowest BCUT2D eigenvalue weighted by molar-refractivity contribution is -0.128. The van der Waals surface area contributed by atoms with Gasteiger partial charge in [0.1, 0.15) is 0 Å². The summed E-state index contributed by atoms with van der Waals surface area (Å²) in [6.45, 7) is 9.18. The van der Waals surface area contributed by atoms with Crippen LogP contribution >= 0.6 is 0 Å². The van der Waals surface area contributed by atoms with Gasteiger partial charge in [-0.15, -0.1) is 0 Å². The second kappa shape index (κ2) is 6.89. The van der Waals surface area contributed by atoms with Gasteiger partial charge in [0.25, 0.3) is 5.91 Å². The first-order chi connectivity index (χ1) is 9.64. The summed E-state index contributed by atoms with van der Waals surface area (Å²) in [5.74, 6) is -0.654. The molecule has 2 unspecified atom stereocenters. The number of hydrogen-bond donors (Lipinski definition) is 2. The maximum absolute atomic E-state index is 14.0. The minimum atomic E-state index is -0.758. The number of benzene rings is 1. The van der Waals surface area contributed by atoms with Gasteiger partial charge in [0, 0.05) is 11.6 Å². The van der Waals surface area contributed by atoms with E-state index in [-0.39, 0.29) is 23.2 Å². The van der Waals surface area contributed by atoms with Gasteiger partial charge in [0.2, 0.25) is 0 Å². The van der Waals surface area contributed by atoms with Crippen LogP contribution in [0.3, 0.4) is 0 Å². The van der Waals surface area contributed by atoms with Crippen molar-refractivity contribution in [2.45, 2.75) is 52.3 Å². The topological polar surface area (TPSA) is 50.4 Å². The van der Waals surface area contributed by atoms with Crippen LogP contribution in [0.5, 0.6) is 5.75 Å².